The number of hydrogen-bond acceptors (Lipinski definition) is 4. The maximum atomic E-state index is 13.8. The van der Waals surface area contributed by atoms with Crippen molar-refractivity contribution in [2.75, 3.05) is 13.1 Å². The van der Waals surface area contributed by atoms with E-state index in [9.17, 15) is 8.78 Å². The summed E-state index contributed by atoms with van der Waals surface area (Å²) >= 11 is 3.45. The molecule has 126 valence electrons. The van der Waals surface area contributed by atoms with E-state index in [0.717, 1.165) is 42.8 Å². The van der Waals surface area contributed by atoms with Crippen LogP contribution in [0.25, 0.3) is 0 Å². The van der Waals surface area contributed by atoms with Crippen LogP contribution in [0.15, 0.2) is 35.2 Å². The van der Waals surface area contributed by atoms with Crippen LogP contribution in [0.1, 0.15) is 17.7 Å². The summed E-state index contributed by atoms with van der Waals surface area (Å²) in [5, 5.41) is 0. The molecule has 24 heavy (non-hydrogen) atoms. The topological polar surface area (TPSA) is 32.3 Å². The molecule has 0 amide bonds. The molecule has 3 saturated heterocycles. The molecule has 2 bridgehead atoms. The zero-order chi connectivity index (χ0) is 16.7. The molecule has 0 spiro atoms. The first-order valence-electron chi connectivity index (χ1n) is 7.96. The number of halogens is 3. The number of hydrogen-bond donors (Lipinski definition) is 0. The van der Waals surface area contributed by atoms with Gasteiger partial charge in [-0.15, -0.1) is 0 Å². The van der Waals surface area contributed by atoms with E-state index in [4.69, 9.17) is 0 Å². The minimum atomic E-state index is -0.631. The molecular formula is C17H17BrF2N4. The molecule has 3 fully saturated rings. The molecular weight excluding hydrogens is 378 g/mol. The van der Waals surface area contributed by atoms with Gasteiger partial charge in [-0.25, -0.2) is 8.78 Å². The summed E-state index contributed by atoms with van der Waals surface area (Å²) in [5.41, 5.74) is 1.51. The summed E-state index contributed by atoms with van der Waals surface area (Å²) in [6.07, 6.45) is 5.89. The van der Waals surface area contributed by atoms with E-state index in [1.54, 1.807) is 6.20 Å². The Labute approximate surface area is 147 Å². The lowest BCUT2D eigenvalue weighted by Gasteiger charge is -2.56. The fraction of sp³-hybridized carbons (Fsp3) is 0.412. The van der Waals surface area contributed by atoms with Gasteiger partial charge in [-0.1, -0.05) is 0 Å². The summed E-state index contributed by atoms with van der Waals surface area (Å²) in [7, 11) is 0. The van der Waals surface area contributed by atoms with Gasteiger partial charge < -0.3 is 0 Å². The number of fused-ring (bicyclic) bond motifs is 2. The third kappa shape index (κ3) is 3.20. The van der Waals surface area contributed by atoms with Crippen LogP contribution in [0.5, 0.6) is 0 Å². The van der Waals surface area contributed by atoms with Crippen molar-refractivity contribution in [1.29, 1.82) is 0 Å². The van der Waals surface area contributed by atoms with Gasteiger partial charge in [0, 0.05) is 61.2 Å². The van der Waals surface area contributed by atoms with Gasteiger partial charge in [-0.3, -0.25) is 19.8 Å². The standard InChI is InChI=1S/C17H17BrF2N4/c18-12-1-11(4-21-5-12)7-23-8-14-3-15(9-23)24(14)10-17-16(20)2-13(19)6-22-17/h1-2,4-6,14-15H,3,7-10H2. The summed E-state index contributed by atoms with van der Waals surface area (Å²) in [6, 6.07) is 3.82. The van der Waals surface area contributed by atoms with Crippen LogP contribution in [0, 0.1) is 11.6 Å². The van der Waals surface area contributed by atoms with Crippen LogP contribution in [-0.4, -0.2) is 44.9 Å². The van der Waals surface area contributed by atoms with Gasteiger partial charge in [-0.05, 0) is 34.0 Å². The quantitative estimate of drug-likeness (QED) is 0.797. The zero-order valence-electron chi connectivity index (χ0n) is 13.0. The van der Waals surface area contributed by atoms with Crippen molar-refractivity contribution in [3.05, 3.63) is 58.1 Å². The number of rotatable bonds is 4. The summed E-state index contributed by atoms with van der Waals surface area (Å²) in [6.45, 7) is 3.22. The van der Waals surface area contributed by atoms with Crippen LogP contribution in [0.4, 0.5) is 8.78 Å². The minimum absolute atomic E-state index is 0.329. The predicted molar refractivity (Wildman–Crippen MR) is 89.1 cm³/mol. The van der Waals surface area contributed by atoms with Gasteiger partial charge in [-0.2, -0.15) is 0 Å². The Hall–Kier alpha value is -1.44. The summed E-state index contributed by atoms with van der Waals surface area (Å²) in [5.74, 6) is -1.19. The number of nitrogens with zero attached hydrogens (tertiary/aromatic N) is 4. The smallest absolute Gasteiger partial charge is 0.148 e. The van der Waals surface area contributed by atoms with Gasteiger partial charge >= 0.3 is 0 Å². The predicted octanol–water partition coefficient (Wildman–Crippen LogP) is 2.98. The molecule has 3 aliphatic heterocycles. The molecule has 3 aliphatic rings. The van der Waals surface area contributed by atoms with Crippen LogP contribution >= 0.6 is 15.9 Å². The van der Waals surface area contributed by atoms with E-state index < -0.39 is 11.6 Å². The molecule has 2 unspecified atom stereocenters. The van der Waals surface area contributed by atoms with Crippen molar-refractivity contribution < 1.29 is 8.78 Å². The maximum absolute atomic E-state index is 13.8. The number of aromatic nitrogens is 2. The SMILES string of the molecule is Fc1cnc(CN2C3CC2CN(Cc2cncc(Br)c2)C3)c(F)c1. The monoisotopic (exact) mass is 394 g/mol. The average molecular weight is 395 g/mol. The van der Waals surface area contributed by atoms with Crippen molar-refractivity contribution in [2.24, 2.45) is 0 Å². The fourth-order valence-corrected chi connectivity index (χ4v) is 4.11. The molecule has 5 heterocycles. The molecule has 0 radical (unpaired) electrons. The highest BCUT2D eigenvalue weighted by molar-refractivity contribution is 9.10. The van der Waals surface area contributed by atoms with E-state index in [-0.39, 0.29) is 0 Å². The number of pyridine rings is 2. The highest BCUT2D eigenvalue weighted by Gasteiger charge is 2.44. The molecule has 0 aliphatic carbocycles. The summed E-state index contributed by atoms with van der Waals surface area (Å²) < 4.78 is 27.8. The molecule has 0 saturated carbocycles. The zero-order valence-corrected chi connectivity index (χ0v) is 14.6. The van der Waals surface area contributed by atoms with Crippen molar-refractivity contribution in [1.82, 2.24) is 19.8 Å². The highest BCUT2D eigenvalue weighted by Crippen LogP contribution is 2.34. The number of piperazine rings is 1. The maximum Gasteiger partial charge on any atom is 0.148 e. The Kier molecular flexibility index (Phi) is 4.32. The Morgan fingerprint density at radius 3 is 2.58 bits per heavy atom. The summed E-state index contributed by atoms with van der Waals surface area (Å²) in [4.78, 5) is 12.8. The second-order valence-corrected chi connectivity index (χ2v) is 7.42. The first-order chi connectivity index (χ1) is 11.6. The van der Waals surface area contributed by atoms with Gasteiger partial charge in [0.15, 0.2) is 0 Å². The average Bonchev–Trinajstić information content (AvgIpc) is 2.54. The van der Waals surface area contributed by atoms with Gasteiger partial charge in [0.05, 0.1) is 11.9 Å². The Bertz CT molecular complexity index is 745. The Morgan fingerprint density at radius 1 is 1.08 bits per heavy atom. The normalized spacial score (nSPS) is 24.0. The van der Waals surface area contributed by atoms with E-state index in [1.165, 1.54) is 5.56 Å². The third-order valence-electron chi connectivity index (χ3n) is 4.80. The lowest BCUT2D eigenvalue weighted by atomic mass is 9.87. The second kappa shape index (κ2) is 6.46. The van der Waals surface area contributed by atoms with E-state index in [0.29, 0.717) is 24.3 Å². The molecule has 0 aromatic carbocycles. The molecule has 4 nitrogen and oxygen atoms in total. The second-order valence-electron chi connectivity index (χ2n) is 6.50. The molecule has 7 heteroatoms. The van der Waals surface area contributed by atoms with Crippen molar-refractivity contribution >= 4 is 15.9 Å². The molecule has 2 aromatic rings. The number of piperidine rings is 1. The Morgan fingerprint density at radius 2 is 1.88 bits per heavy atom. The van der Waals surface area contributed by atoms with Gasteiger partial charge in [0.25, 0.3) is 0 Å². The first kappa shape index (κ1) is 16.1. The lowest BCUT2D eigenvalue weighted by Crippen LogP contribution is -2.67. The van der Waals surface area contributed by atoms with Crippen molar-refractivity contribution in [2.45, 2.75) is 31.6 Å². The molecule has 2 aromatic heterocycles. The van der Waals surface area contributed by atoms with Crippen LogP contribution in [-0.2, 0) is 13.1 Å². The largest absolute Gasteiger partial charge is 0.296 e. The molecule has 2 atom stereocenters. The first-order valence-corrected chi connectivity index (χ1v) is 8.75. The van der Waals surface area contributed by atoms with Crippen LogP contribution in [0.2, 0.25) is 0 Å². The van der Waals surface area contributed by atoms with Crippen LogP contribution in [0.3, 0.4) is 0 Å². The Balaban J connectivity index is 1.38. The van der Waals surface area contributed by atoms with Crippen LogP contribution < -0.4 is 0 Å². The van der Waals surface area contributed by atoms with Gasteiger partial charge in [0.2, 0.25) is 0 Å². The molecule has 0 N–H and O–H groups in total. The fourth-order valence-electron chi connectivity index (χ4n) is 3.69. The van der Waals surface area contributed by atoms with Crippen molar-refractivity contribution in [3.63, 3.8) is 0 Å². The van der Waals surface area contributed by atoms with E-state index in [1.807, 2.05) is 6.20 Å². The van der Waals surface area contributed by atoms with E-state index >= 15 is 0 Å². The van der Waals surface area contributed by atoms with Crippen molar-refractivity contribution in [3.8, 4) is 0 Å². The van der Waals surface area contributed by atoms with E-state index in [2.05, 4.69) is 41.8 Å². The van der Waals surface area contributed by atoms with Gasteiger partial charge in [0.1, 0.15) is 11.6 Å². The highest BCUT2D eigenvalue weighted by atomic mass is 79.9. The lowest BCUT2D eigenvalue weighted by molar-refractivity contribution is -0.0786. The minimum Gasteiger partial charge on any atom is -0.296 e. The third-order valence-corrected chi connectivity index (χ3v) is 5.24. The molecule has 5 rings (SSSR count).